The second kappa shape index (κ2) is 6.75. The second-order valence-corrected chi connectivity index (χ2v) is 5.15. The fourth-order valence-electron chi connectivity index (χ4n) is 2.08. The number of oxime groups is 1. The average Bonchev–Trinajstić information content (AvgIpc) is 3.09. The Morgan fingerprint density at radius 2 is 1.81 bits per heavy atom. The van der Waals surface area contributed by atoms with E-state index in [9.17, 15) is 13.2 Å². The first-order valence-corrected chi connectivity index (χ1v) is 7.21. The molecule has 0 spiro atoms. The molecule has 1 aromatic carbocycles. The van der Waals surface area contributed by atoms with Crippen molar-refractivity contribution in [2.75, 3.05) is 5.32 Å². The van der Waals surface area contributed by atoms with Gasteiger partial charge in [-0.05, 0) is 24.3 Å². The molecule has 3 aromatic rings. The van der Waals surface area contributed by atoms with Crippen molar-refractivity contribution in [3.05, 3.63) is 59.9 Å². The lowest BCUT2D eigenvalue weighted by Gasteiger charge is -2.06. The Hall–Kier alpha value is -3.56. The molecule has 0 saturated heterocycles. The summed E-state index contributed by atoms with van der Waals surface area (Å²) >= 11 is 0. The number of hydrogen-bond acceptors (Lipinski definition) is 6. The largest absolute Gasteiger partial charge is 0.423 e. The van der Waals surface area contributed by atoms with Crippen LogP contribution in [-0.2, 0) is 6.18 Å². The second-order valence-electron chi connectivity index (χ2n) is 5.15. The topological polar surface area (TPSA) is 110 Å². The maximum absolute atomic E-state index is 12.6. The number of oxazole rings is 1. The van der Waals surface area contributed by atoms with Gasteiger partial charge in [-0.25, -0.2) is 9.97 Å². The molecule has 2 heterocycles. The van der Waals surface area contributed by atoms with Gasteiger partial charge in [0.2, 0.25) is 0 Å². The number of benzene rings is 1. The standard InChI is InChI=1S/C16H12F3N5O2/c17-16(18,19)11-4-1-9(2-5-11)12-8-22-15(26-12)23-13-6-3-10(7-21-13)14(20)24-25/h1-8,25H,(H2,20,24)(H,21,22,23). The van der Waals surface area contributed by atoms with Crippen LogP contribution in [0.5, 0.6) is 0 Å². The molecule has 0 saturated carbocycles. The monoisotopic (exact) mass is 363 g/mol. The molecular formula is C16H12F3N5O2. The number of rotatable bonds is 4. The molecule has 4 N–H and O–H groups in total. The smallest absolute Gasteiger partial charge is 0.416 e. The highest BCUT2D eigenvalue weighted by Crippen LogP contribution is 2.31. The third kappa shape index (κ3) is 3.74. The van der Waals surface area contributed by atoms with Crippen molar-refractivity contribution in [3.63, 3.8) is 0 Å². The number of aromatic nitrogens is 2. The maximum atomic E-state index is 12.6. The molecule has 0 unspecified atom stereocenters. The number of nitrogens with one attached hydrogen (secondary N) is 1. The van der Waals surface area contributed by atoms with Gasteiger partial charge >= 0.3 is 12.2 Å². The van der Waals surface area contributed by atoms with Gasteiger partial charge in [0.05, 0.1) is 11.8 Å². The summed E-state index contributed by atoms with van der Waals surface area (Å²) in [7, 11) is 0. The van der Waals surface area contributed by atoms with Crippen molar-refractivity contribution in [3.8, 4) is 11.3 Å². The quantitative estimate of drug-likeness (QED) is 0.283. The Balaban J connectivity index is 1.74. The van der Waals surface area contributed by atoms with Gasteiger partial charge in [0.1, 0.15) is 5.82 Å². The zero-order chi connectivity index (χ0) is 18.7. The summed E-state index contributed by atoms with van der Waals surface area (Å²) in [5, 5.41) is 14.3. The minimum absolute atomic E-state index is 0.0789. The molecule has 0 aliphatic heterocycles. The lowest BCUT2D eigenvalue weighted by Crippen LogP contribution is -2.13. The SMILES string of the molecule is N/C(=N\O)c1ccc(Nc2ncc(-c3ccc(C(F)(F)F)cc3)o2)nc1. The molecule has 10 heteroatoms. The molecule has 0 amide bonds. The van der Waals surface area contributed by atoms with E-state index in [1.54, 1.807) is 12.1 Å². The van der Waals surface area contributed by atoms with Crippen LogP contribution >= 0.6 is 0 Å². The van der Waals surface area contributed by atoms with Crippen molar-refractivity contribution >= 4 is 17.7 Å². The van der Waals surface area contributed by atoms with Crippen LogP contribution in [-0.4, -0.2) is 21.0 Å². The van der Waals surface area contributed by atoms with Gasteiger partial charge in [0.15, 0.2) is 11.6 Å². The summed E-state index contributed by atoms with van der Waals surface area (Å²) in [6, 6.07) is 7.80. The zero-order valence-corrected chi connectivity index (χ0v) is 13.0. The molecule has 2 aromatic heterocycles. The van der Waals surface area contributed by atoms with Gasteiger partial charge in [-0.15, -0.1) is 0 Å². The molecule has 0 bridgehead atoms. The molecule has 26 heavy (non-hydrogen) atoms. The predicted octanol–water partition coefficient (Wildman–Crippen LogP) is 3.59. The average molecular weight is 363 g/mol. The van der Waals surface area contributed by atoms with E-state index >= 15 is 0 Å². The molecule has 0 aliphatic carbocycles. The highest BCUT2D eigenvalue weighted by Gasteiger charge is 2.30. The maximum Gasteiger partial charge on any atom is 0.416 e. The van der Waals surface area contributed by atoms with Crippen molar-refractivity contribution < 1.29 is 22.8 Å². The molecule has 134 valence electrons. The summed E-state index contributed by atoms with van der Waals surface area (Å²) < 4.78 is 43.2. The van der Waals surface area contributed by atoms with Crippen molar-refractivity contribution in [2.24, 2.45) is 10.9 Å². The molecular weight excluding hydrogens is 351 g/mol. The zero-order valence-electron chi connectivity index (χ0n) is 13.0. The van der Waals surface area contributed by atoms with Gasteiger partial charge in [-0.3, -0.25) is 5.32 Å². The van der Waals surface area contributed by atoms with Gasteiger partial charge in [-0.2, -0.15) is 13.2 Å². The fraction of sp³-hybridized carbons (Fsp3) is 0.0625. The highest BCUT2D eigenvalue weighted by molar-refractivity contribution is 5.96. The number of alkyl halides is 3. The Morgan fingerprint density at radius 3 is 2.38 bits per heavy atom. The van der Waals surface area contributed by atoms with E-state index in [0.29, 0.717) is 22.7 Å². The van der Waals surface area contributed by atoms with Crippen LogP contribution in [0.25, 0.3) is 11.3 Å². The van der Waals surface area contributed by atoms with Crippen molar-refractivity contribution in [1.82, 2.24) is 9.97 Å². The molecule has 0 radical (unpaired) electrons. The lowest BCUT2D eigenvalue weighted by molar-refractivity contribution is -0.137. The van der Waals surface area contributed by atoms with E-state index in [-0.39, 0.29) is 11.9 Å². The lowest BCUT2D eigenvalue weighted by atomic mass is 10.1. The van der Waals surface area contributed by atoms with E-state index in [0.717, 1.165) is 12.1 Å². The number of anilines is 2. The Morgan fingerprint density at radius 1 is 1.08 bits per heavy atom. The van der Waals surface area contributed by atoms with Crippen LogP contribution in [0.15, 0.2) is 58.4 Å². The first-order chi connectivity index (χ1) is 12.4. The number of nitrogens with zero attached hydrogens (tertiary/aromatic N) is 3. The number of nitrogens with two attached hydrogens (primary N) is 1. The summed E-state index contributed by atoms with van der Waals surface area (Å²) in [5.74, 6) is 0.611. The van der Waals surface area contributed by atoms with Crippen LogP contribution in [0, 0.1) is 0 Å². The first-order valence-electron chi connectivity index (χ1n) is 7.21. The van der Waals surface area contributed by atoms with Crippen LogP contribution in [0.1, 0.15) is 11.1 Å². The Labute approximate surface area is 145 Å². The van der Waals surface area contributed by atoms with E-state index in [4.69, 9.17) is 15.4 Å². The number of halogens is 3. The molecule has 0 fully saturated rings. The minimum atomic E-state index is -4.39. The summed E-state index contributed by atoms with van der Waals surface area (Å²) in [4.78, 5) is 8.06. The van der Waals surface area contributed by atoms with Gasteiger partial charge in [0.25, 0.3) is 0 Å². The number of hydrogen-bond donors (Lipinski definition) is 3. The molecule has 3 rings (SSSR count). The van der Waals surface area contributed by atoms with Crippen LogP contribution in [0.2, 0.25) is 0 Å². The first kappa shape index (κ1) is 17.3. The molecule has 7 nitrogen and oxygen atoms in total. The predicted molar refractivity (Wildman–Crippen MR) is 87.0 cm³/mol. The summed E-state index contributed by atoms with van der Waals surface area (Å²) in [6.45, 7) is 0. The van der Waals surface area contributed by atoms with E-state index < -0.39 is 11.7 Å². The van der Waals surface area contributed by atoms with Crippen LogP contribution < -0.4 is 11.1 Å². The van der Waals surface area contributed by atoms with Gasteiger partial charge in [-0.1, -0.05) is 17.3 Å². The van der Waals surface area contributed by atoms with E-state index in [1.165, 1.54) is 24.5 Å². The molecule has 0 aliphatic rings. The number of amidine groups is 1. The van der Waals surface area contributed by atoms with Gasteiger partial charge < -0.3 is 15.4 Å². The summed E-state index contributed by atoms with van der Waals surface area (Å²) in [5.41, 5.74) is 5.58. The Bertz CT molecular complexity index is 918. The summed E-state index contributed by atoms with van der Waals surface area (Å²) in [6.07, 6.45) is -1.62. The third-order valence-electron chi connectivity index (χ3n) is 3.40. The van der Waals surface area contributed by atoms with E-state index in [1.807, 2.05) is 0 Å². The number of pyridine rings is 1. The minimum Gasteiger partial charge on any atom is -0.423 e. The van der Waals surface area contributed by atoms with Gasteiger partial charge in [0, 0.05) is 17.3 Å². The van der Waals surface area contributed by atoms with Crippen molar-refractivity contribution in [2.45, 2.75) is 6.18 Å². The van der Waals surface area contributed by atoms with Crippen LogP contribution in [0.3, 0.4) is 0 Å². The third-order valence-corrected chi connectivity index (χ3v) is 3.40. The van der Waals surface area contributed by atoms with E-state index in [2.05, 4.69) is 20.4 Å². The fourth-order valence-corrected chi connectivity index (χ4v) is 2.08. The Kier molecular flexibility index (Phi) is 4.48. The highest BCUT2D eigenvalue weighted by atomic mass is 19.4. The molecule has 0 atom stereocenters. The van der Waals surface area contributed by atoms with Crippen molar-refractivity contribution in [1.29, 1.82) is 0 Å². The van der Waals surface area contributed by atoms with Crippen LogP contribution in [0.4, 0.5) is 25.0 Å². The normalized spacial score (nSPS) is 12.2.